The van der Waals surface area contributed by atoms with Crippen LogP contribution in [0.1, 0.15) is 21.6 Å². The number of thioether (sulfide) groups is 1. The van der Waals surface area contributed by atoms with Gasteiger partial charge in [0.1, 0.15) is 5.03 Å². The Morgan fingerprint density at radius 2 is 2.00 bits per heavy atom. The maximum Gasteiger partial charge on any atom is 0.263 e. The van der Waals surface area contributed by atoms with Gasteiger partial charge in [0, 0.05) is 49.5 Å². The molecule has 2 aliphatic rings. The highest BCUT2D eigenvalue weighted by Crippen LogP contribution is 2.39. The third-order valence-electron chi connectivity index (χ3n) is 6.30. The van der Waals surface area contributed by atoms with Crippen LogP contribution >= 0.6 is 35.0 Å². The Morgan fingerprint density at radius 1 is 1.18 bits per heavy atom. The van der Waals surface area contributed by atoms with E-state index in [0.29, 0.717) is 38.1 Å². The highest BCUT2D eigenvalue weighted by Gasteiger charge is 2.30. The lowest BCUT2D eigenvalue weighted by Crippen LogP contribution is -2.35. The van der Waals surface area contributed by atoms with Gasteiger partial charge in [-0.05, 0) is 29.8 Å². The van der Waals surface area contributed by atoms with Gasteiger partial charge in [-0.25, -0.2) is 9.97 Å². The van der Waals surface area contributed by atoms with E-state index in [1.807, 2.05) is 6.07 Å². The number of hydrogen-bond acceptors (Lipinski definition) is 6. The molecule has 0 spiro atoms. The lowest BCUT2D eigenvalue weighted by molar-refractivity contribution is 0.0985. The lowest BCUT2D eigenvalue weighted by Gasteiger charge is -2.28. The van der Waals surface area contributed by atoms with Gasteiger partial charge in [0.15, 0.2) is 0 Å². The van der Waals surface area contributed by atoms with Crippen LogP contribution in [0.25, 0.3) is 10.9 Å². The second-order valence-corrected chi connectivity index (χ2v) is 10.0. The van der Waals surface area contributed by atoms with Crippen LogP contribution in [0.5, 0.6) is 0 Å². The topological polar surface area (TPSA) is 75.1 Å². The van der Waals surface area contributed by atoms with Crippen LogP contribution in [-0.4, -0.2) is 32.9 Å². The van der Waals surface area contributed by atoms with Gasteiger partial charge in [-0.2, -0.15) is 0 Å². The molecule has 0 atom stereocenters. The first-order valence-corrected chi connectivity index (χ1v) is 12.6. The Kier molecular flexibility index (Phi) is 5.41. The number of halogens is 2. The zero-order valence-corrected chi connectivity index (χ0v) is 20.6. The Labute approximate surface area is 210 Å². The molecule has 0 fully saturated rings. The first-order chi connectivity index (χ1) is 16.5. The van der Waals surface area contributed by atoms with E-state index in [4.69, 9.17) is 23.2 Å². The van der Waals surface area contributed by atoms with Crippen molar-refractivity contribution in [3.63, 3.8) is 0 Å². The van der Waals surface area contributed by atoms with E-state index in [1.54, 1.807) is 29.3 Å². The Hall–Kier alpha value is -2.78. The average molecular weight is 511 g/mol. The second kappa shape index (κ2) is 8.46. The standard InChI is InChI=1S/C24H20Cl2N6OS/c1-31-19-7-8-27-10-15(19)14-6-5-13(9-20(14)31)29-24-28-11-16-22(30-24)34-12-32(23(16)33)21-17(25)3-2-4-18(21)26/h2-6,9,11,27H,7-8,10,12H2,1H3,(H,28,29,30). The van der Waals surface area contributed by atoms with Crippen molar-refractivity contribution in [3.8, 4) is 0 Å². The molecular formula is C24H20Cl2N6OS. The van der Waals surface area contributed by atoms with E-state index in [0.717, 1.165) is 25.2 Å². The molecule has 172 valence electrons. The largest absolute Gasteiger partial charge is 0.347 e. The van der Waals surface area contributed by atoms with Crippen LogP contribution in [0, 0.1) is 0 Å². The van der Waals surface area contributed by atoms with Gasteiger partial charge in [-0.1, -0.05) is 47.1 Å². The summed E-state index contributed by atoms with van der Waals surface area (Å²) in [6, 6.07) is 11.5. The molecule has 0 bridgehead atoms. The number of benzene rings is 2. The maximum absolute atomic E-state index is 13.2. The zero-order valence-electron chi connectivity index (χ0n) is 18.2. The molecule has 2 N–H and O–H groups in total. The second-order valence-electron chi connectivity index (χ2n) is 8.26. The fraction of sp³-hybridized carbons (Fsp3) is 0.208. The van der Waals surface area contributed by atoms with Crippen molar-refractivity contribution >= 4 is 69.1 Å². The number of hydrogen-bond donors (Lipinski definition) is 2. The Bertz CT molecular complexity index is 1450. The van der Waals surface area contributed by atoms with Crippen molar-refractivity contribution in [2.45, 2.75) is 18.0 Å². The van der Waals surface area contributed by atoms with Gasteiger partial charge in [0.25, 0.3) is 5.91 Å². The molecule has 7 nitrogen and oxygen atoms in total. The van der Waals surface area contributed by atoms with Crippen molar-refractivity contribution in [3.05, 3.63) is 69.5 Å². The number of aromatic nitrogens is 3. The van der Waals surface area contributed by atoms with Crippen LogP contribution < -0.4 is 15.5 Å². The van der Waals surface area contributed by atoms with Crippen molar-refractivity contribution in [1.82, 2.24) is 19.9 Å². The van der Waals surface area contributed by atoms with E-state index < -0.39 is 0 Å². The minimum absolute atomic E-state index is 0.222. The van der Waals surface area contributed by atoms with Gasteiger partial charge in [-0.15, -0.1) is 0 Å². The molecule has 0 saturated heterocycles. The molecule has 4 aromatic rings. The maximum atomic E-state index is 13.2. The molecule has 1 amide bonds. The van der Waals surface area contributed by atoms with Gasteiger partial charge in [0.2, 0.25) is 5.95 Å². The first-order valence-electron chi connectivity index (χ1n) is 10.8. The fourth-order valence-corrected chi connectivity index (χ4v) is 6.18. The molecule has 0 radical (unpaired) electrons. The van der Waals surface area contributed by atoms with Crippen LogP contribution in [0.15, 0.2) is 47.6 Å². The van der Waals surface area contributed by atoms with E-state index in [-0.39, 0.29) is 5.91 Å². The molecule has 0 saturated carbocycles. The number of carbonyl (C=O) groups excluding carboxylic acids is 1. The summed E-state index contributed by atoms with van der Waals surface area (Å²) in [6.07, 6.45) is 2.58. The van der Waals surface area contributed by atoms with Crippen molar-refractivity contribution < 1.29 is 4.79 Å². The zero-order chi connectivity index (χ0) is 23.4. The molecule has 0 unspecified atom stereocenters. The summed E-state index contributed by atoms with van der Waals surface area (Å²) in [6.45, 7) is 1.90. The Balaban J connectivity index is 1.29. The summed E-state index contributed by atoms with van der Waals surface area (Å²) in [5.41, 5.74) is 5.76. The highest BCUT2D eigenvalue weighted by molar-refractivity contribution is 7.99. The summed E-state index contributed by atoms with van der Waals surface area (Å²) < 4.78 is 2.27. The molecule has 0 aliphatic carbocycles. The number of para-hydroxylation sites is 1. The molecule has 2 aromatic heterocycles. The molecule has 2 aliphatic heterocycles. The summed E-state index contributed by atoms with van der Waals surface area (Å²) >= 11 is 14.1. The number of nitrogens with one attached hydrogen (secondary N) is 2. The van der Waals surface area contributed by atoms with Crippen LogP contribution in [0.3, 0.4) is 0 Å². The SMILES string of the molecule is Cn1c2c(c3ccc(Nc4ncc5c(n4)SCN(c4c(Cl)cccc4Cl)C5=O)cc31)CNCC2. The van der Waals surface area contributed by atoms with Gasteiger partial charge in [0.05, 0.1) is 32.7 Å². The minimum atomic E-state index is -0.222. The molecule has 10 heteroatoms. The molecule has 2 aromatic carbocycles. The predicted octanol–water partition coefficient (Wildman–Crippen LogP) is 5.37. The average Bonchev–Trinajstić information content (AvgIpc) is 3.12. The van der Waals surface area contributed by atoms with Crippen LogP contribution in [-0.2, 0) is 20.0 Å². The predicted molar refractivity (Wildman–Crippen MR) is 138 cm³/mol. The summed E-state index contributed by atoms with van der Waals surface area (Å²) in [4.78, 5) is 23.7. The molecule has 4 heterocycles. The van der Waals surface area contributed by atoms with Crippen molar-refractivity contribution in [1.29, 1.82) is 0 Å². The normalized spacial score (nSPS) is 15.4. The van der Waals surface area contributed by atoms with Crippen LogP contribution in [0.2, 0.25) is 10.0 Å². The van der Waals surface area contributed by atoms with Crippen molar-refractivity contribution in [2.75, 3.05) is 22.6 Å². The van der Waals surface area contributed by atoms with Gasteiger partial charge >= 0.3 is 0 Å². The van der Waals surface area contributed by atoms with E-state index in [1.165, 1.54) is 33.9 Å². The highest BCUT2D eigenvalue weighted by atomic mass is 35.5. The number of carbonyl (C=O) groups is 1. The molecule has 6 rings (SSSR count). The van der Waals surface area contributed by atoms with E-state index in [9.17, 15) is 4.79 Å². The fourth-order valence-electron chi connectivity index (χ4n) is 4.64. The smallest absolute Gasteiger partial charge is 0.263 e. The van der Waals surface area contributed by atoms with Crippen LogP contribution in [0.4, 0.5) is 17.3 Å². The van der Waals surface area contributed by atoms with Crippen molar-refractivity contribution in [2.24, 2.45) is 7.05 Å². The number of nitrogens with zero attached hydrogens (tertiary/aromatic N) is 4. The summed E-state index contributed by atoms with van der Waals surface area (Å²) in [5.74, 6) is 0.587. The quantitative estimate of drug-likeness (QED) is 0.360. The van der Waals surface area contributed by atoms with Gasteiger partial charge in [-0.3, -0.25) is 9.69 Å². The lowest BCUT2D eigenvalue weighted by atomic mass is 10.1. The molecule has 34 heavy (non-hydrogen) atoms. The monoisotopic (exact) mass is 510 g/mol. The first kappa shape index (κ1) is 21.7. The number of aryl methyl sites for hydroxylation is 1. The number of amides is 1. The molecular weight excluding hydrogens is 491 g/mol. The van der Waals surface area contributed by atoms with Gasteiger partial charge < -0.3 is 15.2 Å². The minimum Gasteiger partial charge on any atom is -0.347 e. The third kappa shape index (κ3) is 3.53. The number of anilines is 3. The number of fused-ring (bicyclic) bond motifs is 4. The van der Waals surface area contributed by atoms with E-state index in [2.05, 4.69) is 44.3 Å². The summed E-state index contributed by atoms with van der Waals surface area (Å²) in [7, 11) is 2.12. The van der Waals surface area contributed by atoms with E-state index >= 15 is 0 Å². The number of rotatable bonds is 3. The summed E-state index contributed by atoms with van der Waals surface area (Å²) in [5, 5.41) is 9.50. The third-order valence-corrected chi connectivity index (χ3v) is 7.88. The Morgan fingerprint density at radius 3 is 2.82 bits per heavy atom.